The van der Waals surface area contributed by atoms with Crippen molar-refractivity contribution in [2.45, 2.75) is 42.7 Å². The molecule has 21 heavy (non-hydrogen) atoms. The number of rotatable bonds is 5. The van der Waals surface area contributed by atoms with Gasteiger partial charge in [0.2, 0.25) is 10.0 Å². The molecule has 0 aromatic heterocycles. The van der Waals surface area contributed by atoms with E-state index in [1.54, 1.807) is 36.0 Å². The lowest BCUT2D eigenvalue weighted by molar-refractivity contribution is 0.423. The van der Waals surface area contributed by atoms with Crippen molar-refractivity contribution in [3.05, 3.63) is 35.4 Å². The molecule has 0 heterocycles. The Labute approximate surface area is 131 Å². The van der Waals surface area contributed by atoms with Crippen LogP contribution in [0.1, 0.15) is 36.8 Å². The second-order valence-electron chi connectivity index (χ2n) is 5.35. The first kappa shape index (κ1) is 16.3. The predicted molar refractivity (Wildman–Crippen MR) is 86.5 cm³/mol. The van der Waals surface area contributed by atoms with E-state index in [0.29, 0.717) is 16.4 Å². The highest BCUT2D eigenvalue weighted by Gasteiger charge is 2.28. The molecule has 0 saturated heterocycles. The normalized spacial score (nSPS) is 22.7. The molecule has 1 aromatic rings. The molecule has 1 aliphatic rings. The van der Waals surface area contributed by atoms with Crippen LogP contribution in [0.4, 0.5) is 0 Å². The van der Waals surface area contributed by atoms with E-state index in [0.717, 1.165) is 19.3 Å². The van der Waals surface area contributed by atoms with E-state index < -0.39 is 10.0 Å². The van der Waals surface area contributed by atoms with Crippen molar-refractivity contribution in [2.24, 2.45) is 0 Å². The van der Waals surface area contributed by atoms with Gasteiger partial charge in [0.25, 0.3) is 0 Å². The number of nitrogens with zero attached hydrogens (tertiary/aromatic N) is 1. The van der Waals surface area contributed by atoms with Crippen LogP contribution in [-0.2, 0) is 15.8 Å². The van der Waals surface area contributed by atoms with Crippen molar-refractivity contribution in [3.63, 3.8) is 0 Å². The summed E-state index contributed by atoms with van der Waals surface area (Å²) in [4.78, 5) is 0. The maximum atomic E-state index is 12.3. The number of benzene rings is 1. The van der Waals surface area contributed by atoms with Gasteiger partial charge in [-0.25, -0.2) is 13.1 Å². The van der Waals surface area contributed by atoms with E-state index in [2.05, 4.69) is 4.72 Å². The fourth-order valence-electron chi connectivity index (χ4n) is 2.74. The van der Waals surface area contributed by atoms with Crippen molar-refractivity contribution in [2.75, 3.05) is 6.26 Å². The summed E-state index contributed by atoms with van der Waals surface area (Å²) >= 11 is 1.74. The van der Waals surface area contributed by atoms with E-state index in [4.69, 9.17) is 5.26 Å². The summed E-state index contributed by atoms with van der Waals surface area (Å²) in [5.41, 5.74) is 1.14. The Morgan fingerprint density at radius 3 is 2.86 bits per heavy atom. The van der Waals surface area contributed by atoms with Crippen molar-refractivity contribution in [1.82, 2.24) is 4.72 Å². The second-order valence-corrected chi connectivity index (χ2v) is 8.18. The van der Waals surface area contributed by atoms with Gasteiger partial charge >= 0.3 is 0 Å². The van der Waals surface area contributed by atoms with Gasteiger partial charge in [0.05, 0.1) is 17.4 Å². The zero-order chi connectivity index (χ0) is 15.3. The Morgan fingerprint density at radius 1 is 1.38 bits per heavy atom. The van der Waals surface area contributed by atoms with Gasteiger partial charge in [0, 0.05) is 11.3 Å². The molecule has 6 heteroatoms. The van der Waals surface area contributed by atoms with Gasteiger partial charge in [-0.1, -0.05) is 25.0 Å². The van der Waals surface area contributed by atoms with E-state index in [1.807, 2.05) is 12.3 Å². The molecule has 0 unspecified atom stereocenters. The van der Waals surface area contributed by atoms with Crippen molar-refractivity contribution in [3.8, 4) is 6.07 Å². The van der Waals surface area contributed by atoms with Crippen LogP contribution in [-0.4, -0.2) is 26.0 Å². The van der Waals surface area contributed by atoms with Crippen LogP contribution in [0.15, 0.2) is 24.3 Å². The number of hydrogen-bond donors (Lipinski definition) is 1. The van der Waals surface area contributed by atoms with Crippen LogP contribution < -0.4 is 4.72 Å². The Kier molecular flexibility index (Phi) is 5.68. The molecule has 1 aliphatic carbocycles. The van der Waals surface area contributed by atoms with Crippen LogP contribution in [0.25, 0.3) is 0 Å². The third kappa shape index (κ3) is 4.73. The highest BCUT2D eigenvalue weighted by Crippen LogP contribution is 2.27. The second kappa shape index (κ2) is 7.30. The quantitative estimate of drug-likeness (QED) is 0.904. The summed E-state index contributed by atoms with van der Waals surface area (Å²) in [7, 11) is -3.37. The third-order valence-electron chi connectivity index (χ3n) is 3.75. The van der Waals surface area contributed by atoms with Crippen molar-refractivity contribution in [1.29, 1.82) is 5.26 Å². The average molecular weight is 324 g/mol. The first-order valence-electron chi connectivity index (χ1n) is 7.06. The molecule has 0 bridgehead atoms. The molecule has 114 valence electrons. The highest BCUT2D eigenvalue weighted by atomic mass is 32.2. The maximum Gasteiger partial charge on any atom is 0.216 e. The molecule has 1 N–H and O–H groups in total. The molecule has 4 nitrogen and oxygen atoms in total. The Hall–Kier alpha value is -1.03. The predicted octanol–water partition coefficient (Wildman–Crippen LogP) is 2.65. The van der Waals surface area contributed by atoms with Crippen LogP contribution in [0.3, 0.4) is 0 Å². The zero-order valence-electron chi connectivity index (χ0n) is 12.1. The number of thioether (sulfide) groups is 1. The Bertz CT molecular complexity index is 623. The largest absolute Gasteiger partial charge is 0.216 e. The molecule has 0 aliphatic heterocycles. The molecule has 0 spiro atoms. The Morgan fingerprint density at radius 2 is 2.14 bits per heavy atom. The van der Waals surface area contributed by atoms with E-state index in [1.165, 1.54) is 6.42 Å². The molecule has 1 aromatic carbocycles. The van der Waals surface area contributed by atoms with Crippen LogP contribution in [0, 0.1) is 11.3 Å². The van der Waals surface area contributed by atoms with Gasteiger partial charge in [0.15, 0.2) is 0 Å². The summed E-state index contributed by atoms with van der Waals surface area (Å²) in [6, 6.07) is 8.82. The lowest BCUT2D eigenvalue weighted by atomic mass is 9.96. The standard InChI is InChI=1S/C15H20N2O2S2/c1-20-15-8-3-2-7-14(15)17-21(18,19)11-13-6-4-5-12(9-13)10-16/h4-6,9,14-15,17H,2-3,7-8,11H2,1H3/t14-,15-/m1/s1. The smallest absolute Gasteiger partial charge is 0.212 e. The number of nitriles is 1. The SMILES string of the molecule is CS[C@@H]1CCCC[C@H]1NS(=O)(=O)Cc1cccc(C#N)c1. The Balaban J connectivity index is 2.06. The first-order valence-corrected chi connectivity index (χ1v) is 10.00. The van der Waals surface area contributed by atoms with Crippen LogP contribution >= 0.6 is 11.8 Å². The summed E-state index contributed by atoms with van der Waals surface area (Å²) in [6.07, 6.45) is 6.26. The van der Waals surface area contributed by atoms with Crippen LogP contribution in [0.5, 0.6) is 0 Å². The lowest BCUT2D eigenvalue weighted by Gasteiger charge is -2.30. The number of sulfonamides is 1. The monoisotopic (exact) mass is 324 g/mol. The molecule has 1 fully saturated rings. The van der Waals surface area contributed by atoms with E-state index >= 15 is 0 Å². The molecule has 0 radical (unpaired) electrons. The average Bonchev–Trinajstić information content (AvgIpc) is 2.47. The minimum atomic E-state index is -3.37. The topological polar surface area (TPSA) is 70.0 Å². The molecule has 2 atom stereocenters. The first-order chi connectivity index (χ1) is 10.0. The molecule has 0 amide bonds. The summed E-state index contributed by atoms with van der Waals surface area (Å²) in [5, 5.41) is 9.23. The molecular formula is C15H20N2O2S2. The fourth-order valence-corrected chi connectivity index (χ4v) is 5.20. The van der Waals surface area contributed by atoms with Gasteiger partial charge < -0.3 is 0 Å². The summed E-state index contributed by atoms with van der Waals surface area (Å²) in [5.74, 6) is -0.0693. The van der Waals surface area contributed by atoms with Crippen molar-refractivity contribution >= 4 is 21.8 Å². The molecular weight excluding hydrogens is 304 g/mol. The minimum absolute atomic E-state index is 0.0258. The van der Waals surface area contributed by atoms with Crippen molar-refractivity contribution < 1.29 is 8.42 Å². The van der Waals surface area contributed by atoms with Gasteiger partial charge in [-0.2, -0.15) is 17.0 Å². The lowest BCUT2D eigenvalue weighted by Crippen LogP contribution is -2.44. The third-order valence-corrected chi connectivity index (χ3v) is 6.29. The number of hydrogen-bond acceptors (Lipinski definition) is 4. The van der Waals surface area contributed by atoms with Gasteiger partial charge in [-0.15, -0.1) is 0 Å². The number of nitrogens with one attached hydrogen (secondary N) is 1. The summed E-state index contributed by atoms with van der Waals surface area (Å²) in [6.45, 7) is 0. The van der Waals surface area contributed by atoms with E-state index in [-0.39, 0.29) is 11.8 Å². The van der Waals surface area contributed by atoms with E-state index in [9.17, 15) is 8.42 Å². The molecule has 2 rings (SSSR count). The van der Waals surface area contributed by atoms with Crippen LogP contribution in [0.2, 0.25) is 0 Å². The fraction of sp³-hybridized carbons (Fsp3) is 0.533. The van der Waals surface area contributed by atoms with Gasteiger partial charge in [-0.05, 0) is 36.8 Å². The molecule has 1 saturated carbocycles. The minimum Gasteiger partial charge on any atom is -0.212 e. The summed E-state index contributed by atoms with van der Waals surface area (Å²) < 4.78 is 27.5. The maximum absolute atomic E-state index is 12.3. The van der Waals surface area contributed by atoms with Gasteiger partial charge in [0.1, 0.15) is 0 Å². The zero-order valence-corrected chi connectivity index (χ0v) is 13.7. The van der Waals surface area contributed by atoms with Gasteiger partial charge in [-0.3, -0.25) is 0 Å². The highest BCUT2D eigenvalue weighted by molar-refractivity contribution is 7.99.